The van der Waals surface area contributed by atoms with Gasteiger partial charge in [-0.05, 0) is 49.6 Å². The van der Waals surface area contributed by atoms with E-state index >= 15 is 0 Å². The molecular formula is C26H31N2O3+. The van der Waals surface area contributed by atoms with E-state index in [1.165, 1.54) is 6.42 Å². The lowest BCUT2D eigenvalue weighted by Gasteiger charge is -2.36. The molecule has 5 nitrogen and oxygen atoms in total. The normalized spacial score (nSPS) is 33.4. The van der Waals surface area contributed by atoms with Crippen LogP contribution in [0.3, 0.4) is 0 Å². The van der Waals surface area contributed by atoms with E-state index in [9.17, 15) is 9.90 Å². The summed E-state index contributed by atoms with van der Waals surface area (Å²) < 4.78 is 6.35. The number of amides is 1. The molecule has 3 heterocycles. The molecule has 0 spiro atoms. The molecule has 2 saturated heterocycles. The SMILES string of the molecule is CCCCOc1ccc(C(O)[N+]23c4ccccc4C(=O)N4CCCCC5C4C2C53)cc1. The van der Waals surface area contributed by atoms with Crippen LogP contribution in [-0.4, -0.2) is 47.2 Å². The van der Waals surface area contributed by atoms with Crippen molar-refractivity contribution in [3.8, 4) is 5.75 Å². The fourth-order valence-electron chi connectivity index (χ4n) is 6.79. The molecule has 1 amide bonds. The van der Waals surface area contributed by atoms with Gasteiger partial charge in [0.2, 0.25) is 6.23 Å². The van der Waals surface area contributed by atoms with Crippen molar-refractivity contribution in [1.82, 2.24) is 9.38 Å². The van der Waals surface area contributed by atoms with Crippen LogP contribution in [0.25, 0.3) is 0 Å². The summed E-state index contributed by atoms with van der Waals surface area (Å²) in [6.07, 6.45) is 4.90. The van der Waals surface area contributed by atoms with Crippen molar-refractivity contribution >= 4 is 11.6 Å². The zero-order chi connectivity index (χ0) is 21.2. The third kappa shape index (κ3) is 2.53. The maximum absolute atomic E-state index is 13.5. The molecule has 2 aromatic rings. The molecule has 1 saturated carbocycles. The fourth-order valence-corrected chi connectivity index (χ4v) is 6.79. The van der Waals surface area contributed by atoms with E-state index in [0.29, 0.717) is 22.5 Å². The Morgan fingerprint density at radius 3 is 2.74 bits per heavy atom. The highest BCUT2D eigenvalue weighted by Crippen LogP contribution is 2.68. The van der Waals surface area contributed by atoms with E-state index in [0.717, 1.165) is 61.4 Å². The molecule has 3 fully saturated rings. The number of ether oxygens (including phenoxy) is 1. The predicted octanol–water partition coefficient (Wildman–Crippen LogP) is 4.25. The number of fused-ring (bicyclic) bond motifs is 4. The van der Waals surface area contributed by atoms with Gasteiger partial charge in [0, 0.05) is 24.1 Å². The number of carbonyl (C=O) groups excluding carboxylic acids is 1. The number of para-hydroxylation sites is 1. The summed E-state index contributed by atoms with van der Waals surface area (Å²) in [4.78, 5) is 15.6. The summed E-state index contributed by atoms with van der Waals surface area (Å²) in [5.41, 5.74) is 2.69. The molecule has 3 aliphatic heterocycles. The molecule has 162 valence electrons. The first-order valence-electron chi connectivity index (χ1n) is 11.9. The quantitative estimate of drug-likeness (QED) is 0.433. The number of nitrogens with zero attached hydrogens (tertiary/aromatic N) is 2. The largest absolute Gasteiger partial charge is 0.494 e. The molecule has 6 rings (SSSR count). The fraction of sp³-hybridized carbons (Fsp3) is 0.500. The van der Waals surface area contributed by atoms with E-state index in [4.69, 9.17) is 4.74 Å². The topological polar surface area (TPSA) is 49.8 Å². The first kappa shape index (κ1) is 19.3. The van der Waals surface area contributed by atoms with Gasteiger partial charge in [-0.2, -0.15) is 0 Å². The van der Waals surface area contributed by atoms with Gasteiger partial charge in [0.1, 0.15) is 17.0 Å². The predicted molar refractivity (Wildman–Crippen MR) is 120 cm³/mol. The van der Waals surface area contributed by atoms with Crippen LogP contribution in [0.2, 0.25) is 0 Å². The highest BCUT2D eigenvalue weighted by atomic mass is 16.5. The molecule has 1 N–H and O–H groups in total. The molecule has 1 aliphatic carbocycles. The van der Waals surface area contributed by atoms with Crippen molar-refractivity contribution in [1.29, 1.82) is 0 Å². The first-order chi connectivity index (χ1) is 15.2. The minimum Gasteiger partial charge on any atom is -0.494 e. The van der Waals surface area contributed by atoms with E-state index in [1.807, 2.05) is 42.5 Å². The smallest absolute Gasteiger partial charge is 0.260 e. The van der Waals surface area contributed by atoms with E-state index in [-0.39, 0.29) is 11.9 Å². The second kappa shape index (κ2) is 7.07. The van der Waals surface area contributed by atoms with E-state index in [1.54, 1.807) is 0 Å². The third-order valence-electron chi connectivity index (χ3n) is 8.18. The third-order valence-corrected chi connectivity index (χ3v) is 8.18. The molecule has 31 heavy (non-hydrogen) atoms. The molecule has 0 bridgehead atoms. The molecule has 2 aromatic carbocycles. The van der Waals surface area contributed by atoms with Crippen molar-refractivity contribution in [2.45, 2.75) is 63.4 Å². The molecular weight excluding hydrogens is 388 g/mol. The average Bonchev–Trinajstić information content (AvgIpc) is 3.45. The Balaban J connectivity index is 1.39. The molecule has 0 aromatic heterocycles. The zero-order valence-electron chi connectivity index (χ0n) is 18.1. The van der Waals surface area contributed by atoms with Gasteiger partial charge in [0.15, 0.2) is 12.1 Å². The number of quaternary nitrogens is 1. The number of aliphatic hydroxyl groups excluding tert-OH is 1. The Morgan fingerprint density at radius 2 is 1.94 bits per heavy atom. The second-order valence-corrected chi connectivity index (χ2v) is 9.63. The van der Waals surface area contributed by atoms with Gasteiger partial charge in [-0.15, -0.1) is 0 Å². The van der Waals surface area contributed by atoms with Gasteiger partial charge < -0.3 is 14.7 Å². The summed E-state index contributed by atoms with van der Waals surface area (Å²) in [5.74, 6) is 1.50. The Kier molecular flexibility index (Phi) is 4.41. The summed E-state index contributed by atoms with van der Waals surface area (Å²) in [7, 11) is 0. The van der Waals surface area contributed by atoms with Crippen LogP contribution in [0.15, 0.2) is 48.5 Å². The van der Waals surface area contributed by atoms with Gasteiger partial charge in [-0.25, -0.2) is 4.48 Å². The maximum atomic E-state index is 13.5. The van der Waals surface area contributed by atoms with Crippen LogP contribution in [-0.2, 0) is 0 Å². The number of carbonyl (C=O) groups is 1. The number of benzene rings is 2. The average molecular weight is 420 g/mol. The van der Waals surface area contributed by atoms with Crippen molar-refractivity contribution < 1.29 is 14.6 Å². The van der Waals surface area contributed by atoms with E-state index < -0.39 is 6.23 Å². The standard InChI is InChI=1S/C26H31N2O3/c1-2-3-16-31-18-13-11-17(12-14-18)26(30)28-21-10-5-4-8-19(21)25(29)27-15-7-6-9-20-22(27)24(28)23(20)28/h4-5,8,10-14,20,22-24,26,30H,2-3,6-7,9,15-16H2,1H3/q+1. The van der Waals surface area contributed by atoms with Crippen molar-refractivity contribution in [3.63, 3.8) is 0 Å². The summed E-state index contributed by atoms with van der Waals surface area (Å²) in [5, 5.41) is 11.8. The van der Waals surface area contributed by atoms with Crippen LogP contribution in [0.1, 0.15) is 61.2 Å². The first-order valence-corrected chi connectivity index (χ1v) is 11.9. The molecule has 0 radical (unpaired) electrons. The van der Waals surface area contributed by atoms with Crippen LogP contribution >= 0.6 is 0 Å². The van der Waals surface area contributed by atoms with Gasteiger partial charge in [0.25, 0.3) is 5.91 Å². The Labute approximate surface area is 183 Å². The Bertz CT molecular complexity index is 1010. The highest BCUT2D eigenvalue weighted by molar-refractivity contribution is 6.02. The lowest BCUT2D eigenvalue weighted by atomic mass is 9.76. The number of hydrogen-bond donors (Lipinski definition) is 1. The van der Waals surface area contributed by atoms with Gasteiger partial charge in [-0.3, -0.25) is 4.79 Å². The Hall–Kier alpha value is -2.37. The molecule has 6 atom stereocenters. The number of rotatable bonds is 6. The molecule has 5 heteroatoms. The summed E-state index contributed by atoms with van der Waals surface area (Å²) in [6.45, 7) is 3.72. The monoisotopic (exact) mass is 419 g/mol. The van der Waals surface area contributed by atoms with E-state index in [2.05, 4.69) is 17.9 Å². The molecule has 6 unspecified atom stereocenters. The lowest BCUT2D eigenvalue weighted by molar-refractivity contribution is 0.0551. The number of aliphatic hydroxyl groups is 1. The summed E-state index contributed by atoms with van der Waals surface area (Å²) >= 11 is 0. The van der Waals surface area contributed by atoms with Gasteiger partial charge >= 0.3 is 0 Å². The van der Waals surface area contributed by atoms with Crippen LogP contribution in [0.5, 0.6) is 5.75 Å². The van der Waals surface area contributed by atoms with Crippen LogP contribution in [0, 0.1) is 5.92 Å². The highest BCUT2D eigenvalue weighted by Gasteiger charge is 2.87. The van der Waals surface area contributed by atoms with Crippen molar-refractivity contribution in [2.75, 3.05) is 13.2 Å². The number of hydrogen-bond acceptors (Lipinski definition) is 3. The number of unbranched alkanes of at least 4 members (excludes halogenated alkanes) is 1. The zero-order valence-corrected chi connectivity index (χ0v) is 18.1. The lowest BCUT2D eigenvalue weighted by Crippen LogP contribution is -2.55. The molecule has 4 aliphatic rings. The van der Waals surface area contributed by atoms with Gasteiger partial charge in [0.05, 0.1) is 12.6 Å². The minimum atomic E-state index is -0.666. The summed E-state index contributed by atoms with van der Waals surface area (Å²) in [6, 6.07) is 16.9. The van der Waals surface area contributed by atoms with Crippen molar-refractivity contribution in [3.05, 3.63) is 59.7 Å². The van der Waals surface area contributed by atoms with Gasteiger partial charge in [-0.1, -0.05) is 31.9 Å². The second-order valence-electron chi connectivity index (χ2n) is 9.63. The van der Waals surface area contributed by atoms with Crippen LogP contribution < -0.4 is 9.22 Å². The minimum absolute atomic E-state index is 0.155. The van der Waals surface area contributed by atoms with Crippen LogP contribution in [0.4, 0.5) is 5.69 Å². The maximum Gasteiger partial charge on any atom is 0.260 e. The Morgan fingerprint density at radius 1 is 1.13 bits per heavy atom. The van der Waals surface area contributed by atoms with Crippen molar-refractivity contribution in [2.24, 2.45) is 5.92 Å².